The summed E-state index contributed by atoms with van der Waals surface area (Å²) >= 11 is 0. The molecule has 0 aromatic heterocycles. The number of rotatable bonds is 3. The van der Waals surface area contributed by atoms with Gasteiger partial charge in [-0.25, -0.2) is 13.6 Å². The number of primary sulfonamides is 1. The van der Waals surface area contributed by atoms with Gasteiger partial charge in [-0.15, -0.1) is 0 Å². The van der Waals surface area contributed by atoms with Gasteiger partial charge in [0.15, 0.2) is 0 Å². The molecule has 0 unspecified atom stereocenters. The highest BCUT2D eigenvalue weighted by molar-refractivity contribution is 7.89. The van der Waals surface area contributed by atoms with Crippen LogP contribution in [0.3, 0.4) is 0 Å². The van der Waals surface area contributed by atoms with Crippen molar-refractivity contribution in [1.82, 2.24) is 4.90 Å². The quantitative estimate of drug-likeness (QED) is 0.852. The molecule has 0 bridgehead atoms. The second-order valence-corrected chi connectivity index (χ2v) is 8.19. The molecule has 0 atom stereocenters. The number of anilines is 1. The van der Waals surface area contributed by atoms with Gasteiger partial charge in [0.2, 0.25) is 15.9 Å². The standard InChI is InChI=1S/C16H20F3N3O3S/c17-16(18,19)13-10-12(4-5-14(13)26(20,24)25)21-6-1-7-22(9-8-21)15(23)11-2-3-11/h4-5,10-11H,1-3,6-9H2,(H2,20,24,25). The van der Waals surface area contributed by atoms with Gasteiger partial charge in [-0.1, -0.05) is 0 Å². The molecule has 26 heavy (non-hydrogen) atoms. The van der Waals surface area contributed by atoms with E-state index in [-0.39, 0.29) is 17.5 Å². The van der Waals surface area contributed by atoms with Gasteiger partial charge in [-0.3, -0.25) is 4.79 Å². The lowest BCUT2D eigenvalue weighted by molar-refractivity contribution is -0.139. The molecule has 2 N–H and O–H groups in total. The minimum Gasteiger partial charge on any atom is -0.370 e. The summed E-state index contributed by atoms with van der Waals surface area (Å²) in [6.45, 7) is 1.89. The molecule has 6 nitrogen and oxygen atoms in total. The van der Waals surface area contributed by atoms with Crippen molar-refractivity contribution < 1.29 is 26.4 Å². The van der Waals surface area contributed by atoms with E-state index in [0.29, 0.717) is 32.6 Å². The molecule has 1 saturated carbocycles. The van der Waals surface area contributed by atoms with Crippen molar-refractivity contribution in [1.29, 1.82) is 0 Å². The van der Waals surface area contributed by atoms with Crippen molar-refractivity contribution in [2.45, 2.75) is 30.3 Å². The van der Waals surface area contributed by atoms with Crippen LogP contribution >= 0.6 is 0 Å². The van der Waals surface area contributed by atoms with Crippen LogP contribution in [0.1, 0.15) is 24.8 Å². The lowest BCUT2D eigenvalue weighted by Crippen LogP contribution is -2.36. The van der Waals surface area contributed by atoms with Gasteiger partial charge in [0.05, 0.1) is 10.5 Å². The average Bonchev–Trinajstić information content (AvgIpc) is 3.38. The number of amides is 1. The summed E-state index contributed by atoms with van der Waals surface area (Å²) in [4.78, 5) is 14.7. The highest BCUT2D eigenvalue weighted by Crippen LogP contribution is 2.36. The van der Waals surface area contributed by atoms with E-state index in [4.69, 9.17) is 5.14 Å². The van der Waals surface area contributed by atoms with Crippen LogP contribution in [-0.4, -0.2) is 45.4 Å². The fraction of sp³-hybridized carbons (Fsp3) is 0.562. The molecule has 2 fully saturated rings. The number of benzene rings is 1. The van der Waals surface area contributed by atoms with Gasteiger partial charge in [-0.2, -0.15) is 13.2 Å². The molecule has 0 radical (unpaired) electrons. The Morgan fingerprint density at radius 3 is 2.38 bits per heavy atom. The van der Waals surface area contributed by atoms with E-state index in [9.17, 15) is 26.4 Å². The van der Waals surface area contributed by atoms with E-state index in [1.807, 2.05) is 0 Å². The molecule has 1 aromatic rings. The first-order valence-electron chi connectivity index (χ1n) is 8.35. The van der Waals surface area contributed by atoms with Crippen LogP contribution in [0.25, 0.3) is 0 Å². The van der Waals surface area contributed by atoms with Gasteiger partial charge >= 0.3 is 6.18 Å². The zero-order chi connectivity index (χ0) is 19.1. The van der Waals surface area contributed by atoms with Gasteiger partial charge in [0.25, 0.3) is 0 Å². The molecule has 1 saturated heterocycles. The Morgan fingerprint density at radius 1 is 1.12 bits per heavy atom. The van der Waals surface area contributed by atoms with Crippen LogP contribution in [-0.2, 0) is 21.0 Å². The molecular weight excluding hydrogens is 371 g/mol. The third-order valence-electron chi connectivity index (χ3n) is 4.67. The molecule has 1 heterocycles. The van der Waals surface area contributed by atoms with E-state index in [1.165, 1.54) is 6.07 Å². The minimum absolute atomic E-state index is 0.104. The summed E-state index contributed by atoms with van der Waals surface area (Å²) in [5, 5.41) is 4.91. The van der Waals surface area contributed by atoms with Crippen LogP contribution in [0.2, 0.25) is 0 Å². The molecule has 1 amide bonds. The Hall–Kier alpha value is -1.81. The average molecular weight is 391 g/mol. The normalized spacial score (nSPS) is 19.4. The predicted molar refractivity (Wildman–Crippen MR) is 89.0 cm³/mol. The van der Waals surface area contributed by atoms with Crippen LogP contribution in [0.5, 0.6) is 0 Å². The fourth-order valence-electron chi connectivity index (χ4n) is 3.17. The number of nitrogens with two attached hydrogens (primary N) is 1. The first kappa shape index (κ1) is 19.0. The topological polar surface area (TPSA) is 83.7 Å². The third kappa shape index (κ3) is 4.12. The van der Waals surface area contributed by atoms with Crippen LogP contribution in [0.4, 0.5) is 18.9 Å². The second kappa shape index (κ2) is 6.73. The molecular formula is C16H20F3N3O3S. The number of nitrogens with zero attached hydrogens (tertiary/aromatic N) is 2. The summed E-state index contributed by atoms with van der Waals surface area (Å²) in [5.41, 5.74) is -1.00. The van der Waals surface area contributed by atoms with Gasteiger partial charge in [0.1, 0.15) is 0 Å². The van der Waals surface area contributed by atoms with Crippen molar-refractivity contribution >= 4 is 21.6 Å². The van der Waals surface area contributed by atoms with Crippen molar-refractivity contribution in [3.63, 3.8) is 0 Å². The Kier molecular flexibility index (Phi) is 4.91. The molecule has 3 rings (SSSR count). The van der Waals surface area contributed by atoms with Gasteiger partial charge in [0, 0.05) is 37.8 Å². The summed E-state index contributed by atoms with van der Waals surface area (Å²) < 4.78 is 62.7. The summed E-state index contributed by atoms with van der Waals surface area (Å²) in [6.07, 6.45) is -2.39. The molecule has 1 aromatic carbocycles. The SMILES string of the molecule is NS(=O)(=O)c1ccc(N2CCCN(C(=O)C3CC3)CC2)cc1C(F)(F)F. The number of carbonyl (C=O) groups is 1. The summed E-state index contributed by atoms with van der Waals surface area (Å²) in [5.74, 6) is 0.222. The molecule has 1 aliphatic carbocycles. The highest BCUT2D eigenvalue weighted by Gasteiger charge is 2.37. The molecule has 10 heteroatoms. The first-order valence-corrected chi connectivity index (χ1v) is 9.90. The number of hydrogen-bond acceptors (Lipinski definition) is 4. The van der Waals surface area contributed by atoms with E-state index in [0.717, 1.165) is 25.0 Å². The molecule has 144 valence electrons. The minimum atomic E-state index is -4.84. The Balaban J connectivity index is 1.84. The maximum Gasteiger partial charge on any atom is 0.417 e. The Morgan fingerprint density at radius 2 is 1.81 bits per heavy atom. The fourth-order valence-corrected chi connectivity index (χ4v) is 3.91. The maximum absolute atomic E-state index is 13.3. The number of halogens is 3. The Bertz CT molecular complexity index is 807. The summed E-state index contributed by atoms with van der Waals surface area (Å²) in [7, 11) is -4.49. The van der Waals surface area contributed by atoms with Crippen LogP contribution < -0.4 is 10.0 Å². The Labute approximate surface area is 149 Å². The molecule has 1 aliphatic heterocycles. The number of carbonyl (C=O) groups excluding carboxylic acids is 1. The van der Waals surface area contributed by atoms with Crippen molar-refractivity contribution in [2.24, 2.45) is 11.1 Å². The van der Waals surface area contributed by atoms with Crippen LogP contribution in [0.15, 0.2) is 23.1 Å². The zero-order valence-electron chi connectivity index (χ0n) is 14.0. The molecule has 2 aliphatic rings. The van der Waals surface area contributed by atoms with E-state index in [2.05, 4.69) is 0 Å². The second-order valence-electron chi connectivity index (χ2n) is 6.66. The zero-order valence-corrected chi connectivity index (χ0v) is 14.8. The molecule has 0 spiro atoms. The summed E-state index contributed by atoms with van der Waals surface area (Å²) in [6, 6.07) is 3.04. The largest absolute Gasteiger partial charge is 0.417 e. The van der Waals surface area contributed by atoms with Gasteiger partial charge in [-0.05, 0) is 37.5 Å². The van der Waals surface area contributed by atoms with Gasteiger partial charge < -0.3 is 9.80 Å². The predicted octanol–water partition coefficient (Wildman–Crippen LogP) is 1.80. The lowest BCUT2D eigenvalue weighted by atomic mass is 10.1. The van der Waals surface area contributed by atoms with E-state index in [1.54, 1.807) is 9.80 Å². The number of sulfonamides is 1. The van der Waals surface area contributed by atoms with E-state index < -0.39 is 26.7 Å². The first-order chi connectivity index (χ1) is 12.1. The number of hydrogen-bond donors (Lipinski definition) is 1. The smallest absolute Gasteiger partial charge is 0.370 e. The number of alkyl halides is 3. The monoisotopic (exact) mass is 391 g/mol. The maximum atomic E-state index is 13.3. The van der Waals surface area contributed by atoms with Crippen molar-refractivity contribution in [3.8, 4) is 0 Å². The van der Waals surface area contributed by atoms with E-state index >= 15 is 0 Å². The van der Waals surface area contributed by atoms with Crippen LogP contribution in [0, 0.1) is 5.92 Å². The van der Waals surface area contributed by atoms with Crippen molar-refractivity contribution in [2.75, 3.05) is 31.1 Å². The van der Waals surface area contributed by atoms with Crippen molar-refractivity contribution in [3.05, 3.63) is 23.8 Å². The lowest BCUT2D eigenvalue weighted by Gasteiger charge is -2.25. The third-order valence-corrected chi connectivity index (χ3v) is 5.64. The highest BCUT2D eigenvalue weighted by atomic mass is 32.2.